The van der Waals surface area contributed by atoms with Gasteiger partial charge in [-0.1, -0.05) is 6.07 Å². The molecule has 1 aliphatic heterocycles. The predicted molar refractivity (Wildman–Crippen MR) is 133 cm³/mol. The Balaban J connectivity index is 1.75. The van der Waals surface area contributed by atoms with Crippen LogP contribution in [0.1, 0.15) is 28.2 Å². The third-order valence-electron chi connectivity index (χ3n) is 5.83. The average Bonchev–Trinajstić information content (AvgIpc) is 3.46. The second kappa shape index (κ2) is 12.0. The van der Waals surface area contributed by atoms with Gasteiger partial charge >= 0.3 is 0 Å². The highest BCUT2D eigenvalue weighted by Gasteiger charge is 2.28. The number of thiophene rings is 1. The largest absolute Gasteiger partial charge is 0.493 e. The minimum absolute atomic E-state index is 0.164. The van der Waals surface area contributed by atoms with Crippen LogP contribution in [0.5, 0.6) is 11.5 Å². The molecule has 8 nitrogen and oxygen atoms in total. The number of hydrogen-bond acceptors (Lipinski definition) is 7. The molecule has 1 saturated heterocycles. The van der Waals surface area contributed by atoms with Crippen LogP contribution in [0.4, 0.5) is 0 Å². The van der Waals surface area contributed by atoms with E-state index in [1.807, 2.05) is 37.3 Å². The highest BCUT2D eigenvalue weighted by atomic mass is 32.2. The van der Waals surface area contributed by atoms with Crippen molar-refractivity contribution >= 4 is 27.3 Å². The van der Waals surface area contributed by atoms with Gasteiger partial charge in [-0.05, 0) is 56.0 Å². The SMILES string of the molecule is COc1ccc(CCN(Cc2ccc(C)s2)C(=O)CN(CC2CCCO2)S(C)(=O)=O)cc1OC. The average molecular weight is 511 g/mol. The normalized spacial score (nSPS) is 16.1. The van der Waals surface area contributed by atoms with E-state index in [2.05, 4.69) is 0 Å². The van der Waals surface area contributed by atoms with E-state index in [4.69, 9.17) is 14.2 Å². The molecule has 0 radical (unpaired) electrons. The standard InChI is InChI=1S/C24H34N2O6S2/c1-18-7-9-21(33-18)16-25(12-11-19-8-10-22(30-2)23(14-19)31-3)24(27)17-26(34(4,28)29)15-20-6-5-13-32-20/h7-10,14,20H,5-6,11-13,15-17H2,1-4H3. The molecule has 0 N–H and O–H groups in total. The Bertz CT molecular complexity index is 1060. The molecule has 0 bridgehead atoms. The highest BCUT2D eigenvalue weighted by molar-refractivity contribution is 7.88. The smallest absolute Gasteiger partial charge is 0.238 e. The molecule has 1 aliphatic rings. The number of aryl methyl sites for hydroxylation is 1. The van der Waals surface area contributed by atoms with Crippen LogP contribution in [-0.2, 0) is 32.5 Å². The van der Waals surface area contributed by atoms with Crippen molar-refractivity contribution in [3.63, 3.8) is 0 Å². The summed E-state index contributed by atoms with van der Waals surface area (Å²) >= 11 is 1.63. The summed E-state index contributed by atoms with van der Waals surface area (Å²) in [6.07, 6.45) is 3.29. The zero-order chi connectivity index (χ0) is 24.7. The molecule has 0 aliphatic carbocycles. The Hall–Kier alpha value is -2.14. The van der Waals surface area contributed by atoms with Crippen LogP contribution < -0.4 is 9.47 Å². The first-order valence-electron chi connectivity index (χ1n) is 11.3. The molecule has 34 heavy (non-hydrogen) atoms. The molecule has 10 heteroatoms. The second-order valence-electron chi connectivity index (χ2n) is 8.46. The predicted octanol–water partition coefficient (Wildman–Crippen LogP) is 3.09. The van der Waals surface area contributed by atoms with E-state index < -0.39 is 10.0 Å². The number of ether oxygens (including phenoxy) is 3. The van der Waals surface area contributed by atoms with Gasteiger partial charge in [-0.15, -0.1) is 11.3 Å². The number of carbonyl (C=O) groups is 1. The molecule has 188 valence electrons. The van der Waals surface area contributed by atoms with Gasteiger partial charge in [0.15, 0.2) is 11.5 Å². The van der Waals surface area contributed by atoms with E-state index in [-0.39, 0.29) is 25.1 Å². The fourth-order valence-corrected chi connectivity index (χ4v) is 5.62. The van der Waals surface area contributed by atoms with Gasteiger partial charge in [0.25, 0.3) is 0 Å². The number of methoxy groups -OCH3 is 2. The Kier molecular flexibility index (Phi) is 9.35. The Morgan fingerprint density at radius 3 is 2.53 bits per heavy atom. The maximum Gasteiger partial charge on any atom is 0.238 e. The number of hydrogen-bond donors (Lipinski definition) is 0. The van der Waals surface area contributed by atoms with E-state index in [0.717, 1.165) is 29.5 Å². The van der Waals surface area contributed by atoms with E-state index in [1.54, 1.807) is 30.5 Å². The van der Waals surface area contributed by atoms with Crippen LogP contribution in [0.3, 0.4) is 0 Å². The van der Waals surface area contributed by atoms with Gasteiger partial charge in [-0.25, -0.2) is 8.42 Å². The third kappa shape index (κ3) is 7.43. The summed E-state index contributed by atoms with van der Waals surface area (Å²) in [5.74, 6) is 1.05. The third-order valence-corrected chi connectivity index (χ3v) is 8.03. The summed E-state index contributed by atoms with van der Waals surface area (Å²) in [6, 6.07) is 9.72. The number of benzene rings is 1. The van der Waals surface area contributed by atoms with Crippen molar-refractivity contribution in [3.05, 3.63) is 45.6 Å². The molecule has 0 spiro atoms. The molecule has 1 aromatic carbocycles. The van der Waals surface area contributed by atoms with Crippen LogP contribution in [-0.4, -0.2) is 76.4 Å². The summed E-state index contributed by atoms with van der Waals surface area (Å²) in [6.45, 7) is 3.54. The van der Waals surface area contributed by atoms with Crippen molar-refractivity contribution in [3.8, 4) is 11.5 Å². The molecular formula is C24H34N2O6S2. The monoisotopic (exact) mass is 510 g/mol. The first-order valence-corrected chi connectivity index (χ1v) is 14.0. The van der Waals surface area contributed by atoms with Gasteiger partial charge in [0.1, 0.15) is 0 Å². The van der Waals surface area contributed by atoms with Crippen molar-refractivity contribution in [2.45, 2.75) is 38.8 Å². The highest BCUT2D eigenvalue weighted by Crippen LogP contribution is 2.28. The molecule has 2 aromatic rings. The van der Waals surface area contributed by atoms with Gasteiger partial charge in [0.2, 0.25) is 15.9 Å². The molecule has 1 aromatic heterocycles. The van der Waals surface area contributed by atoms with Crippen molar-refractivity contribution in [2.24, 2.45) is 0 Å². The maximum atomic E-state index is 13.4. The van der Waals surface area contributed by atoms with Gasteiger partial charge in [-0.3, -0.25) is 4.79 Å². The number of amides is 1. The Labute approximate surface area is 206 Å². The maximum absolute atomic E-state index is 13.4. The minimum atomic E-state index is -3.56. The summed E-state index contributed by atoms with van der Waals surface area (Å²) in [5, 5.41) is 0. The molecule has 3 rings (SSSR count). The summed E-state index contributed by atoms with van der Waals surface area (Å²) in [5.41, 5.74) is 0.997. The topological polar surface area (TPSA) is 85.4 Å². The Morgan fingerprint density at radius 1 is 1.18 bits per heavy atom. The lowest BCUT2D eigenvalue weighted by atomic mass is 10.1. The zero-order valence-electron chi connectivity index (χ0n) is 20.3. The zero-order valence-corrected chi connectivity index (χ0v) is 21.9. The first-order chi connectivity index (χ1) is 16.2. The number of rotatable bonds is 12. The second-order valence-corrected chi connectivity index (χ2v) is 11.8. The van der Waals surface area contributed by atoms with E-state index in [1.165, 1.54) is 9.18 Å². The van der Waals surface area contributed by atoms with E-state index in [0.29, 0.717) is 37.6 Å². The van der Waals surface area contributed by atoms with E-state index >= 15 is 0 Å². The lowest BCUT2D eigenvalue weighted by molar-refractivity contribution is -0.132. The number of carbonyl (C=O) groups excluding carboxylic acids is 1. The molecule has 2 heterocycles. The quantitative estimate of drug-likeness (QED) is 0.436. The Morgan fingerprint density at radius 2 is 1.94 bits per heavy atom. The number of nitrogens with zero attached hydrogens (tertiary/aromatic N) is 2. The molecule has 0 saturated carbocycles. The first kappa shape index (κ1) is 26.5. The van der Waals surface area contributed by atoms with E-state index in [9.17, 15) is 13.2 Å². The molecular weight excluding hydrogens is 476 g/mol. The van der Waals surface area contributed by atoms with Crippen molar-refractivity contribution in [1.82, 2.24) is 9.21 Å². The molecule has 1 unspecified atom stereocenters. The number of sulfonamides is 1. The van der Waals surface area contributed by atoms with Gasteiger partial charge < -0.3 is 19.1 Å². The molecule has 1 amide bonds. The van der Waals surface area contributed by atoms with Gasteiger partial charge in [0, 0.05) is 29.5 Å². The summed E-state index contributed by atoms with van der Waals surface area (Å²) < 4.78 is 42.4. The lowest BCUT2D eigenvalue weighted by Crippen LogP contribution is -2.45. The van der Waals surface area contributed by atoms with Crippen LogP contribution in [0.25, 0.3) is 0 Å². The van der Waals surface area contributed by atoms with Crippen LogP contribution in [0.2, 0.25) is 0 Å². The molecule has 1 fully saturated rings. The lowest BCUT2D eigenvalue weighted by Gasteiger charge is -2.27. The van der Waals surface area contributed by atoms with Crippen molar-refractivity contribution in [2.75, 3.05) is 46.7 Å². The van der Waals surface area contributed by atoms with Crippen molar-refractivity contribution in [1.29, 1.82) is 0 Å². The minimum Gasteiger partial charge on any atom is -0.493 e. The fourth-order valence-electron chi connectivity index (χ4n) is 3.93. The summed E-state index contributed by atoms with van der Waals surface area (Å²) in [4.78, 5) is 17.3. The van der Waals surface area contributed by atoms with Crippen LogP contribution >= 0.6 is 11.3 Å². The molecule has 1 atom stereocenters. The van der Waals surface area contributed by atoms with Crippen LogP contribution in [0, 0.1) is 6.92 Å². The van der Waals surface area contributed by atoms with Gasteiger partial charge in [0.05, 0.1) is 39.7 Å². The van der Waals surface area contributed by atoms with Crippen molar-refractivity contribution < 1.29 is 27.4 Å². The fraction of sp³-hybridized carbons (Fsp3) is 0.542. The van der Waals surface area contributed by atoms with Crippen LogP contribution in [0.15, 0.2) is 30.3 Å². The van der Waals surface area contributed by atoms with Gasteiger partial charge in [-0.2, -0.15) is 4.31 Å². The summed E-state index contributed by atoms with van der Waals surface area (Å²) in [7, 11) is -0.379.